The van der Waals surface area contributed by atoms with Crippen LogP contribution in [0.25, 0.3) is 0 Å². The minimum atomic E-state index is -3.16. The van der Waals surface area contributed by atoms with Crippen molar-refractivity contribution in [3.8, 4) is 0 Å². The van der Waals surface area contributed by atoms with E-state index in [1.54, 1.807) is 19.1 Å². The lowest BCUT2D eigenvalue weighted by Crippen LogP contribution is -2.36. The van der Waals surface area contributed by atoms with Crippen molar-refractivity contribution in [3.05, 3.63) is 24.3 Å². The van der Waals surface area contributed by atoms with Crippen LogP contribution in [0.1, 0.15) is 26.7 Å². The van der Waals surface area contributed by atoms with Gasteiger partial charge in [0.2, 0.25) is 0 Å². The lowest BCUT2D eigenvalue weighted by molar-refractivity contribution is 0.406. The number of nitrogens with zero attached hydrogens (tertiary/aromatic N) is 1. The summed E-state index contributed by atoms with van der Waals surface area (Å²) in [5.74, 6) is 0.833. The van der Waals surface area contributed by atoms with E-state index in [9.17, 15) is 8.42 Å². The molecule has 1 heterocycles. The molecule has 0 aromatic heterocycles. The topological polar surface area (TPSA) is 37.4 Å². The molecule has 1 aromatic carbocycles. The van der Waals surface area contributed by atoms with Gasteiger partial charge in [0.1, 0.15) is 0 Å². The first kappa shape index (κ1) is 15.8. The van der Waals surface area contributed by atoms with Gasteiger partial charge in [-0.2, -0.15) is 0 Å². The molecule has 2 rings (SSSR count). The molecule has 1 aromatic rings. The normalized spacial score (nSPS) is 19.1. The van der Waals surface area contributed by atoms with Crippen LogP contribution in [0.3, 0.4) is 0 Å². The van der Waals surface area contributed by atoms with Gasteiger partial charge < -0.3 is 4.90 Å². The molecule has 112 valence electrons. The first-order valence-electron chi connectivity index (χ1n) is 7.16. The van der Waals surface area contributed by atoms with Gasteiger partial charge in [0.05, 0.1) is 16.3 Å². The fraction of sp³-hybridized carbons (Fsp3) is 0.600. The molecular formula is C15H22BrNO2S. The molecule has 5 heteroatoms. The van der Waals surface area contributed by atoms with Crippen LogP contribution in [0.15, 0.2) is 29.2 Å². The van der Waals surface area contributed by atoms with Gasteiger partial charge >= 0.3 is 0 Å². The van der Waals surface area contributed by atoms with Crippen LogP contribution in [-0.2, 0) is 9.84 Å². The third-order valence-electron chi connectivity index (χ3n) is 4.11. The predicted molar refractivity (Wildman–Crippen MR) is 87.5 cm³/mol. The minimum absolute atomic E-state index is 0.152. The van der Waals surface area contributed by atoms with E-state index in [2.05, 4.69) is 27.8 Å². The SMILES string of the molecule is CCS(=O)(=O)c1ccccc1N1CCC(C(C)Br)CC1. The van der Waals surface area contributed by atoms with Crippen molar-refractivity contribution in [2.75, 3.05) is 23.7 Å². The summed E-state index contributed by atoms with van der Waals surface area (Å²) in [5, 5.41) is 0. The number of hydrogen-bond acceptors (Lipinski definition) is 3. The van der Waals surface area contributed by atoms with E-state index < -0.39 is 9.84 Å². The number of rotatable bonds is 4. The Morgan fingerprint density at radius 1 is 1.30 bits per heavy atom. The lowest BCUT2D eigenvalue weighted by Gasteiger charge is -2.35. The van der Waals surface area contributed by atoms with Gasteiger partial charge in [-0.3, -0.25) is 0 Å². The van der Waals surface area contributed by atoms with Crippen molar-refractivity contribution < 1.29 is 8.42 Å². The van der Waals surface area contributed by atoms with E-state index >= 15 is 0 Å². The van der Waals surface area contributed by atoms with Crippen molar-refractivity contribution in [2.45, 2.75) is 36.4 Å². The molecule has 0 saturated carbocycles. The van der Waals surface area contributed by atoms with Gasteiger partial charge in [-0.25, -0.2) is 8.42 Å². The van der Waals surface area contributed by atoms with Crippen LogP contribution < -0.4 is 4.90 Å². The highest BCUT2D eigenvalue weighted by Crippen LogP contribution is 2.32. The zero-order chi connectivity index (χ0) is 14.8. The average molecular weight is 360 g/mol. The number of halogens is 1. The molecule has 1 unspecified atom stereocenters. The molecule has 1 saturated heterocycles. The highest BCUT2D eigenvalue weighted by molar-refractivity contribution is 9.09. The summed E-state index contributed by atoms with van der Waals surface area (Å²) >= 11 is 3.66. The van der Waals surface area contributed by atoms with Crippen LogP contribution in [-0.4, -0.2) is 32.1 Å². The van der Waals surface area contributed by atoms with Crippen molar-refractivity contribution in [1.82, 2.24) is 0 Å². The Bertz CT molecular complexity index is 549. The third kappa shape index (κ3) is 3.37. The predicted octanol–water partition coefficient (Wildman–Crippen LogP) is 3.48. The van der Waals surface area contributed by atoms with E-state index in [1.165, 1.54) is 0 Å². The zero-order valence-corrected chi connectivity index (χ0v) is 14.5. The Balaban J connectivity index is 2.23. The highest BCUT2D eigenvalue weighted by Gasteiger charge is 2.26. The molecule has 1 aliphatic heterocycles. The Hall–Kier alpha value is -0.550. The van der Waals surface area contributed by atoms with Crippen molar-refractivity contribution in [3.63, 3.8) is 0 Å². The smallest absolute Gasteiger partial charge is 0.180 e. The van der Waals surface area contributed by atoms with E-state index in [-0.39, 0.29) is 5.75 Å². The summed E-state index contributed by atoms with van der Waals surface area (Å²) in [4.78, 5) is 3.22. The second-order valence-corrected chi connectivity index (χ2v) is 9.06. The molecule has 20 heavy (non-hydrogen) atoms. The number of alkyl halides is 1. The fourth-order valence-electron chi connectivity index (χ4n) is 2.74. The minimum Gasteiger partial charge on any atom is -0.370 e. The molecule has 0 aliphatic carbocycles. The Morgan fingerprint density at radius 3 is 2.45 bits per heavy atom. The highest BCUT2D eigenvalue weighted by atomic mass is 79.9. The average Bonchev–Trinajstić information content (AvgIpc) is 2.47. The van der Waals surface area contributed by atoms with E-state index in [0.29, 0.717) is 15.6 Å². The van der Waals surface area contributed by atoms with Crippen LogP contribution >= 0.6 is 15.9 Å². The molecule has 0 radical (unpaired) electrons. The van der Waals surface area contributed by atoms with E-state index in [1.807, 2.05) is 12.1 Å². The Labute approximate surface area is 130 Å². The molecule has 0 amide bonds. The summed E-state index contributed by atoms with van der Waals surface area (Å²) in [6.07, 6.45) is 2.21. The number of para-hydroxylation sites is 1. The Kier molecular flexibility index (Phi) is 5.13. The lowest BCUT2D eigenvalue weighted by atomic mass is 9.94. The quantitative estimate of drug-likeness (QED) is 0.772. The zero-order valence-electron chi connectivity index (χ0n) is 12.0. The molecule has 1 atom stereocenters. The molecular weight excluding hydrogens is 338 g/mol. The number of anilines is 1. The second kappa shape index (κ2) is 6.48. The number of benzene rings is 1. The van der Waals surface area contributed by atoms with Crippen molar-refractivity contribution in [1.29, 1.82) is 0 Å². The first-order chi connectivity index (χ1) is 9.45. The first-order valence-corrected chi connectivity index (χ1v) is 9.73. The van der Waals surface area contributed by atoms with Crippen LogP contribution in [0.2, 0.25) is 0 Å². The largest absolute Gasteiger partial charge is 0.370 e. The van der Waals surface area contributed by atoms with Crippen LogP contribution in [0, 0.1) is 5.92 Å². The van der Waals surface area contributed by atoms with Gasteiger partial charge in [-0.1, -0.05) is 41.9 Å². The monoisotopic (exact) mass is 359 g/mol. The van der Waals surface area contributed by atoms with Crippen molar-refractivity contribution >= 4 is 31.5 Å². The van der Waals surface area contributed by atoms with Gasteiger partial charge in [-0.15, -0.1) is 0 Å². The maximum Gasteiger partial charge on any atom is 0.180 e. The number of piperidine rings is 1. The van der Waals surface area contributed by atoms with E-state index in [0.717, 1.165) is 31.6 Å². The van der Waals surface area contributed by atoms with Gasteiger partial charge in [0.25, 0.3) is 0 Å². The second-order valence-electron chi connectivity index (χ2n) is 5.37. The van der Waals surface area contributed by atoms with Gasteiger partial charge in [0, 0.05) is 17.9 Å². The molecule has 0 bridgehead atoms. The maximum absolute atomic E-state index is 12.2. The fourth-order valence-corrected chi connectivity index (χ4v) is 4.38. The summed E-state index contributed by atoms with van der Waals surface area (Å²) < 4.78 is 24.4. The summed E-state index contributed by atoms with van der Waals surface area (Å²) in [6, 6.07) is 7.39. The molecule has 3 nitrogen and oxygen atoms in total. The van der Waals surface area contributed by atoms with E-state index in [4.69, 9.17) is 0 Å². The Morgan fingerprint density at radius 2 is 1.90 bits per heavy atom. The molecule has 0 spiro atoms. The van der Waals surface area contributed by atoms with Gasteiger partial charge in [0.15, 0.2) is 9.84 Å². The van der Waals surface area contributed by atoms with Crippen LogP contribution in [0.5, 0.6) is 0 Å². The van der Waals surface area contributed by atoms with Crippen LogP contribution in [0.4, 0.5) is 5.69 Å². The maximum atomic E-state index is 12.2. The van der Waals surface area contributed by atoms with Gasteiger partial charge in [-0.05, 0) is 30.9 Å². The molecule has 0 N–H and O–H groups in total. The molecule has 1 fully saturated rings. The summed E-state index contributed by atoms with van der Waals surface area (Å²) in [6.45, 7) is 5.74. The third-order valence-corrected chi connectivity index (χ3v) is 6.63. The van der Waals surface area contributed by atoms with Crippen molar-refractivity contribution in [2.24, 2.45) is 5.92 Å². The summed E-state index contributed by atoms with van der Waals surface area (Å²) in [5.41, 5.74) is 0.870. The number of sulfone groups is 1. The molecule has 1 aliphatic rings. The summed E-state index contributed by atoms with van der Waals surface area (Å²) in [7, 11) is -3.16. The standard InChI is InChI=1S/C15H22BrNO2S/c1-3-20(18,19)15-7-5-4-6-14(15)17-10-8-13(9-11-17)12(2)16/h4-7,12-13H,3,8-11H2,1-2H3. The number of hydrogen-bond donors (Lipinski definition) is 0.